The molecule has 1 aliphatic heterocycles. The first-order valence-corrected chi connectivity index (χ1v) is 6.85. The van der Waals surface area contributed by atoms with Crippen molar-refractivity contribution in [2.45, 2.75) is 38.5 Å². The van der Waals surface area contributed by atoms with Gasteiger partial charge in [0.2, 0.25) is 0 Å². The molecule has 1 aromatic rings. The zero-order valence-electron chi connectivity index (χ0n) is 11.3. The lowest BCUT2D eigenvalue weighted by Gasteiger charge is -2.31. The minimum absolute atomic E-state index is 0.408. The number of likely N-dealkylation sites (tertiary alicyclic amines) is 1. The number of nitrogens with zero attached hydrogens (tertiary/aromatic N) is 2. The molecule has 19 heavy (non-hydrogen) atoms. The van der Waals surface area contributed by atoms with Crippen molar-refractivity contribution >= 4 is 11.9 Å². The molecule has 3 N–H and O–H groups in total. The van der Waals surface area contributed by atoms with Gasteiger partial charge in [0.15, 0.2) is 0 Å². The van der Waals surface area contributed by atoms with Crippen LogP contribution in [0.2, 0.25) is 0 Å². The SMILES string of the molecule is CCCc1nc(N)ccc1C1CCN(C(=O)O)CC1. The van der Waals surface area contributed by atoms with Crippen LogP contribution in [0.25, 0.3) is 0 Å². The minimum Gasteiger partial charge on any atom is -0.465 e. The van der Waals surface area contributed by atoms with Crippen molar-refractivity contribution in [2.75, 3.05) is 18.8 Å². The van der Waals surface area contributed by atoms with Crippen LogP contribution in [0.3, 0.4) is 0 Å². The van der Waals surface area contributed by atoms with E-state index in [2.05, 4.69) is 18.0 Å². The molecule has 2 rings (SSSR count). The second-order valence-electron chi connectivity index (χ2n) is 5.07. The Hall–Kier alpha value is -1.78. The lowest BCUT2D eigenvalue weighted by Crippen LogP contribution is -2.37. The molecule has 0 spiro atoms. The third-order valence-electron chi connectivity index (χ3n) is 3.72. The number of piperidine rings is 1. The Morgan fingerprint density at radius 3 is 2.74 bits per heavy atom. The fourth-order valence-electron chi connectivity index (χ4n) is 2.72. The van der Waals surface area contributed by atoms with Gasteiger partial charge >= 0.3 is 6.09 Å². The zero-order valence-corrected chi connectivity index (χ0v) is 11.3. The van der Waals surface area contributed by atoms with E-state index in [9.17, 15) is 4.79 Å². The van der Waals surface area contributed by atoms with Crippen LogP contribution < -0.4 is 5.73 Å². The number of anilines is 1. The molecule has 0 radical (unpaired) electrons. The quantitative estimate of drug-likeness (QED) is 0.878. The molecule has 1 aliphatic rings. The Kier molecular flexibility index (Phi) is 4.24. The highest BCUT2D eigenvalue weighted by molar-refractivity contribution is 5.65. The summed E-state index contributed by atoms with van der Waals surface area (Å²) in [5, 5.41) is 8.97. The first-order valence-electron chi connectivity index (χ1n) is 6.85. The maximum absolute atomic E-state index is 10.9. The number of nitrogen functional groups attached to an aromatic ring is 1. The van der Waals surface area contributed by atoms with E-state index in [0.717, 1.165) is 31.4 Å². The Morgan fingerprint density at radius 1 is 1.47 bits per heavy atom. The summed E-state index contributed by atoms with van der Waals surface area (Å²) in [4.78, 5) is 16.8. The second-order valence-corrected chi connectivity index (χ2v) is 5.07. The maximum atomic E-state index is 10.9. The van der Waals surface area contributed by atoms with E-state index < -0.39 is 6.09 Å². The summed E-state index contributed by atoms with van der Waals surface area (Å²) < 4.78 is 0. The lowest BCUT2D eigenvalue weighted by atomic mass is 9.87. The minimum atomic E-state index is -0.817. The first kappa shape index (κ1) is 13.6. The van der Waals surface area contributed by atoms with Crippen LogP contribution in [0.15, 0.2) is 12.1 Å². The summed E-state index contributed by atoms with van der Waals surface area (Å²) in [7, 11) is 0. The van der Waals surface area contributed by atoms with E-state index in [0.29, 0.717) is 24.8 Å². The average molecular weight is 263 g/mol. The van der Waals surface area contributed by atoms with Gasteiger partial charge < -0.3 is 15.7 Å². The Balaban J connectivity index is 2.12. The summed E-state index contributed by atoms with van der Waals surface area (Å²) in [5.74, 6) is 0.973. The van der Waals surface area contributed by atoms with Crippen molar-refractivity contribution in [3.05, 3.63) is 23.4 Å². The van der Waals surface area contributed by atoms with Gasteiger partial charge in [0.1, 0.15) is 5.82 Å². The molecule has 0 atom stereocenters. The molecule has 0 bridgehead atoms. The molecule has 1 saturated heterocycles. The number of rotatable bonds is 3. The predicted octanol–water partition coefficient (Wildman–Crippen LogP) is 2.47. The highest BCUT2D eigenvalue weighted by Crippen LogP contribution is 2.30. The average Bonchev–Trinajstić information content (AvgIpc) is 2.39. The van der Waals surface area contributed by atoms with Gasteiger partial charge in [-0.15, -0.1) is 0 Å². The molecule has 0 aliphatic carbocycles. The summed E-state index contributed by atoms with van der Waals surface area (Å²) in [6.07, 6.45) is 2.89. The summed E-state index contributed by atoms with van der Waals surface area (Å²) in [5.41, 5.74) is 8.08. The number of hydrogen-bond acceptors (Lipinski definition) is 3. The Morgan fingerprint density at radius 2 is 2.16 bits per heavy atom. The van der Waals surface area contributed by atoms with Crippen LogP contribution in [-0.4, -0.2) is 34.2 Å². The molecule has 1 fully saturated rings. The number of nitrogens with two attached hydrogens (primary N) is 1. The molecule has 104 valence electrons. The number of carbonyl (C=O) groups is 1. The molecule has 2 heterocycles. The predicted molar refractivity (Wildman–Crippen MR) is 74.2 cm³/mol. The number of amides is 1. The maximum Gasteiger partial charge on any atom is 0.407 e. The third-order valence-corrected chi connectivity index (χ3v) is 3.72. The van der Waals surface area contributed by atoms with Gasteiger partial charge in [0.25, 0.3) is 0 Å². The number of carboxylic acid groups (broad SMARTS) is 1. The van der Waals surface area contributed by atoms with Gasteiger partial charge in [-0.3, -0.25) is 0 Å². The van der Waals surface area contributed by atoms with Gasteiger partial charge in [-0.1, -0.05) is 19.4 Å². The van der Waals surface area contributed by atoms with Crippen molar-refractivity contribution in [1.29, 1.82) is 0 Å². The summed E-state index contributed by atoms with van der Waals surface area (Å²) in [6, 6.07) is 3.91. The number of pyridine rings is 1. The van der Waals surface area contributed by atoms with Crippen LogP contribution in [0, 0.1) is 0 Å². The fraction of sp³-hybridized carbons (Fsp3) is 0.571. The van der Waals surface area contributed by atoms with Crippen molar-refractivity contribution in [1.82, 2.24) is 9.88 Å². The van der Waals surface area contributed by atoms with Crippen LogP contribution in [0.4, 0.5) is 10.6 Å². The van der Waals surface area contributed by atoms with Crippen molar-refractivity contribution in [3.8, 4) is 0 Å². The van der Waals surface area contributed by atoms with Gasteiger partial charge in [0.05, 0.1) is 0 Å². The molecule has 1 aromatic heterocycles. The molecule has 0 unspecified atom stereocenters. The molecular weight excluding hydrogens is 242 g/mol. The van der Waals surface area contributed by atoms with E-state index in [1.807, 2.05) is 6.07 Å². The highest BCUT2D eigenvalue weighted by Gasteiger charge is 2.25. The molecule has 1 amide bonds. The first-order chi connectivity index (χ1) is 9.11. The van der Waals surface area contributed by atoms with Crippen LogP contribution in [0.5, 0.6) is 0 Å². The Bertz CT molecular complexity index is 454. The number of aryl methyl sites for hydroxylation is 1. The zero-order chi connectivity index (χ0) is 13.8. The number of aromatic nitrogens is 1. The normalized spacial score (nSPS) is 16.6. The largest absolute Gasteiger partial charge is 0.465 e. The van der Waals surface area contributed by atoms with Gasteiger partial charge in [-0.2, -0.15) is 0 Å². The molecular formula is C14H21N3O2. The standard InChI is InChI=1S/C14H21N3O2/c1-2-3-12-11(4-5-13(15)16-12)10-6-8-17(9-7-10)14(18)19/h4-5,10H,2-3,6-9H2,1H3,(H2,15,16)(H,18,19). The Labute approximate surface area is 113 Å². The van der Waals surface area contributed by atoms with Crippen molar-refractivity contribution < 1.29 is 9.90 Å². The third kappa shape index (κ3) is 3.16. The lowest BCUT2D eigenvalue weighted by molar-refractivity contribution is 0.132. The van der Waals surface area contributed by atoms with E-state index in [4.69, 9.17) is 10.8 Å². The molecule has 5 heteroatoms. The number of hydrogen-bond donors (Lipinski definition) is 2. The summed E-state index contributed by atoms with van der Waals surface area (Å²) in [6.45, 7) is 3.34. The van der Waals surface area contributed by atoms with E-state index in [1.54, 1.807) is 0 Å². The van der Waals surface area contributed by atoms with E-state index in [1.165, 1.54) is 10.5 Å². The molecule has 0 saturated carbocycles. The van der Waals surface area contributed by atoms with Gasteiger partial charge in [0, 0.05) is 18.8 Å². The van der Waals surface area contributed by atoms with Gasteiger partial charge in [-0.25, -0.2) is 9.78 Å². The van der Waals surface area contributed by atoms with Crippen LogP contribution >= 0.6 is 0 Å². The van der Waals surface area contributed by atoms with Crippen LogP contribution in [-0.2, 0) is 6.42 Å². The van der Waals surface area contributed by atoms with Gasteiger partial charge in [-0.05, 0) is 36.8 Å². The molecule has 0 aromatic carbocycles. The smallest absolute Gasteiger partial charge is 0.407 e. The monoisotopic (exact) mass is 263 g/mol. The molecule has 5 nitrogen and oxygen atoms in total. The summed E-state index contributed by atoms with van der Waals surface area (Å²) >= 11 is 0. The van der Waals surface area contributed by atoms with E-state index in [-0.39, 0.29) is 0 Å². The highest BCUT2D eigenvalue weighted by atomic mass is 16.4. The van der Waals surface area contributed by atoms with E-state index >= 15 is 0 Å². The second kappa shape index (κ2) is 5.91. The fourth-order valence-corrected chi connectivity index (χ4v) is 2.72. The van der Waals surface area contributed by atoms with Crippen molar-refractivity contribution in [3.63, 3.8) is 0 Å². The topological polar surface area (TPSA) is 79.5 Å². The van der Waals surface area contributed by atoms with Crippen LogP contribution in [0.1, 0.15) is 43.4 Å². The van der Waals surface area contributed by atoms with Crippen molar-refractivity contribution in [2.24, 2.45) is 0 Å².